The van der Waals surface area contributed by atoms with Crippen molar-refractivity contribution in [3.63, 3.8) is 0 Å². The van der Waals surface area contributed by atoms with Crippen LogP contribution in [0.4, 0.5) is 0 Å². The molecule has 2 aromatic carbocycles. The zero-order valence-electron chi connectivity index (χ0n) is 24.2. The molecule has 1 unspecified atom stereocenters. The summed E-state index contributed by atoms with van der Waals surface area (Å²) in [6.45, 7) is 5.07. The molecular weight excluding hydrogens is 516 g/mol. The SMILES string of the molecule is COc1cc(C(=O)NCCCNC2CCN(CC3=CNC4CC=CC=C34)CC2)cc(OC)c1OCc1ccccc1. The van der Waals surface area contributed by atoms with Gasteiger partial charge in [-0.1, -0.05) is 48.6 Å². The van der Waals surface area contributed by atoms with Crippen LogP contribution in [0.5, 0.6) is 17.2 Å². The van der Waals surface area contributed by atoms with E-state index in [1.165, 1.54) is 11.1 Å². The fourth-order valence-electron chi connectivity index (χ4n) is 5.66. The first-order chi connectivity index (χ1) is 20.1. The Morgan fingerprint density at radius 2 is 1.80 bits per heavy atom. The smallest absolute Gasteiger partial charge is 0.251 e. The first kappa shape index (κ1) is 28.8. The minimum atomic E-state index is -0.161. The van der Waals surface area contributed by atoms with Crippen molar-refractivity contribution in [2.24, 2.45) is 0 Å². The number of hydrogen-bond donors (Lipinski definition) is 3. The van der Waals surface area contributed by atoms with Crippen LogP contribution in [0.3, 0.4) is 0 Å². The summed E-state index contributed by atoms with van der Waals surface area (Å²) in [7, 11) is 3.12. The first-order valence-corrected chi connectivity index (χ1v) is 14.6. The van der Waals surface area contributed by atoms with Crippen molar-refractivity contribution in [3.05, 3.63) is 89.2 Å². The summed E-state index contributed by atoms with van der Waals surface area (Å²) >= 11 is 0. The van der Waals surface area contributed by atoms with Crippen LogP contribution in [-0.4, -0.2) is 69.8 Å². The van der Waals surface area contributed by atoms with Gasteiger partial charge in [-0.05, 0) is 74.2 Å². The number of ether oxygens (including phenoxy) is 3. The van der Waals surface area contributed by atoms with E-state index in [9.17, 15) is 4.79 Å². The topological polar surface area (TPSA) is 84.1 Å². The maximum absolute atomic E-state index is 12.9. The van der Waals surface area contributed by atoms with Gasteiger partial charge in [0.05, 0.1) is 20.3 Å². The molecule has 2 aliphatic heterocycles. The Labute approximate surface area is 243 Å². The van der Waals surface area contributed by atoms with Gasteiger partial charge >= 0.3 is 0 Å². The predicted octanol–water partition coefficient (Wildman–Crippen LogP) is 4.20. The van der Waals surface area contributed by atoms with E-state index in [1.807, 2.05) is 30.3 Å². The number of hydrogen-bond acceptors (Lipinski definition) is 7. The minimum absolute atomic E-state index is 0.161. The van der Waals surface area contributed by atoms with E-state index in [0.29, 0.717) is 48.0 Å². The molecule has 1 aliphatic carbocycles. The lowest BCUT2D eigenvalue weighted by Crippen LogP contribution is -2.43. The molecule has 0 radical (unpaired) electrons. The minimum Gasteiger partial charge on any atom is -0.493 e. The fraction of sp³-hybridized carbons (Fsp3) is 0.424. The number of carbonyl (C=O) groups excluding carboxylic acids is 1. The van der Waals surface area contributed by atoms with Crippen molar-refractivity contribution in [2.75, 3.05) is 46.9 Å². The quantitative estimate of drug-likeness (QED) is 0.318. The number of rotatable bonds is 13. The van der Waals surface area contributed by atoms with Crippen molar-refractivity contribution in [2.45, 2.75) is 44.4 Å². The molecule has 1 atom stereocenters. The average molecular weight is 559 g/mol. The fourth-order valence-corrected chi connectivity index (χ4v) is 5.66. The highest BCUT2D eigenvalue weighted by atomic mass is 16.5. The maximum Gasteiger partial charge on any atom is 0.251 e. The summed E-state index contributed by atoms with van der Waals surface area (Å²) in [4.78, 5) is 15.5. The lowest BCUT2D eigenvalue weighted by atomic mass is 9.95. The molecule has 218 valence electrons. The number of methoxy groups -OCH3 is 2. The number of nitrogens with zero attached hydrogens (tertiary/aromatic N) is 1. The van der Waals surface area contributed by atoms with Gasteiger partial charge in [0.25, 0.3) is 5.91 Å². The van der Waals surface area contributed by atoms with Gasteiger partial charge in [-0.15, -0.1) is 0 Å². The molecule has 0 aromatic heterocycles. The molecule has 8 nitrogen and oxygen atoms in total. The van der Waals surface area contributed by atoms with Crippen molar-refractivity contribution in [1.29, 1.82) is 0 Å². The van der Waals surface area contributed by atoms with E-state index in [-0.39, 0.29) is 5.91 Å². The molecule has 0 bridgehead atoms. The number of amides is 1. The van der Waals surface area contributed by atoms with Crippen LogP contribution < -0.4 is 30.2 Å². The zero-order chi connectivity index (χ0) is 28.4. The highest BCUT2D eigenvalue weighted by Crippen LogP contribution is 2.39. The lowest BCUT2D eigenvalue weighted by molar-refractivity contribution is 0.0952. The van der Waals surface area contributed by atoms with Gasteiger partial charge in [-0.2, -0.15) is 0 Å². The highest BCUT2D eigenvalue weighted by Gasteiger charge is 2.26. The summed E-state index contributed by atoms with van der Waals surface area (Å²) in [6, 6.07) is 14.3. The van der Waals surface area contributed by atoms with Crippen LogP contribution in [0.25, 0.3) is 0 Å². The van der Waals surface area contributed by atoms with Crippen molar-refractivity contribution in [3.8, 4) is 17.2 Å². The second-order valence-corrected chi connectivity index (χ2v) is 10.8. The number of nitrogens with one attached hydrogen (secondary N) is 3. The van der Waals surface area contributed by atoms with Crippen LogP contribution >= 0.6 is 0 Å². The van der Waals surface area contributed by atoms with E-state index in [2.05, 4.69) is 45.3 Å². The second-order valence-electron chi connectivity index (χ2n) is 10.8. The van der Waals surface area contributed by atoms with Crippen LogP contribution in [0.2, 0.25) is 0 Å². The number of piperidine rings is 1. The van der Waals surface area contributed by atoms with Gasteiger partial charge in [0.1, 0.15) is 6.61 Å². The third-order valence-electron chi connectivity index (χ3n) is 7.99. The summed E-state index contributed by atoms with van der Waals surface area (Å²) in [6.07, 6.45) is 13.1. The molecule has 8 heteroatoms. The molecule has 0 spiro atoms. The molecule has 3 N–H and O–H groups in total. The van der Waals surface area contributed by atoms with Gasteiger partial charge in [0, 0.05) is 30.9 Å². The summed E-state index contributed by atoms with van der Waals surface area (Å²) in [5.74, 6) is 1.25. The molecule has 2 aromatic rings. The lowest BCUT2D eigenvalue weighted by Gasteiger charge is -2.33. The number of benzene rings is 2. The van der Waals surface area contributed by atoms with E-state index >= 15 is 0 Å². The van der Waals surface area contributed by atoms with Crippen LogP contribution in [0.1, 0.15) is 41.6 Å². The number of fused-ring (bicyclic) bond motifs is 1. The molecular formula is C33H42N4O4. The number of likely N-dealkylation sites (tertiary alicyclic amines) is 1. The Hall–Kier alpha value is -3.75. The average Bonchev–Trinajstić information content (AvgIpc) is 3.43. The van der Waals surface area contributed by atoms with Gasteiger partial charge in [0.15, 0.2) is 11.5 Å². The predicted molar refractivity (Wildman–Crippen MR) is 162 cm³/mol. The molecule has 1 amide bonds. The Morgan fingerprint density at radius 3 is 2.54 bits per heavy atom. The Kier molecular flexibility index (Phi) is 9.99. The Bertz CT molecular complexity index is 1240. The zero-order valence-corrected chi connectivity index (χ0v) is 24.2. The van der Waals surface area contributed by atoms with Gasteiger partial charge < -0.3 is 30.2 Å². The van der Waals surface area contributed by atoms with E-state index < -0.39 is 0 Å². The molecule has 2 heterocycles. The summed E-state index contributed by atoms with van der Waals surface area (Å²) < 4.78 is 17.1. The summed E-state index contributed by atoms with van der Waals surface area (Å²) in [5, 5.41) is 10.2. The highest BCUT2D eigenvalue weighted by molar-refractivity contribution is 5.95. The van der Waals surface area contributed by atoms with Gasteiger partial charge in [-0.3, -0.25) is 9.69 Å². The van der Waals surface area contributed by atoms with E-state index in [0.717, 1.165) is 57.4 Å². The number of carbonyl (C=O) groups is 1. The van der Waals surface area contributed by atoms with E-state index in [4.69, 9.17) is 14.2 Å². The molecule has 5 rings (SSSR count). The molecule has 3 aliphatic rings. The van der Waals surface area contributed by atoms with Crippen molar-refractivity contribution < 1.29 is 19.0 Å². The van der Waals surface area contributed by atoms with Crippen LogP contribution in [-0.2, 0) is 6.61 Å². The molecule has 1 fully saturated rings. The standard InChI is InChI=1S/C33H42N4O4/c1-39-30-19-25(20-31(40-2)32(30)41-23-24-9-4-3-5-10-24)33(38)35-16-8-15-34-27-13-17-37(18-14-27)22-26-21-36-29-12-7-6-11-28(26)29/h3-7,9-11,19-21,27,29,34,36H,8,12-18,22-23H2,1-2H3,(H,35,38). The summed E-state index contributed by atoms with van der Waals surface area (Å²) in [5.41, 5.74) is 4.40. The maximum atomic E-state index is 12.9. The Balaban J connectivity index is 1.02. The van der Waals surface area contributed by atoms with Crippen molar-refractivity contribution >= 4 is 5.91 Å². The van der Waals surface area contributed by atoms with Crippen LogP contribution in [0, 0.1) is 0 Å². The van der Waals surface area contributed by atoms with Gasteiger partial charge in [0.2, 0.25) is 5.75 Å². The molecule has 0 saturated carbocycles. The van der Waals surface area contributed by atoms with Crippen LogP contribution in [0.15, 0.2) is 78.0 Å². The first-order valence-electron chi connectivity index (χ1n) is 14.6. The third kappa shape index (κ3) is 7.51. The second kappa shape index (κ2) is 14.2. The van der Waals surface area contributed by atoms with E-state index in [1.54, 1.807) is 26.4 Å². The normalized spacial score (nSPS) is 18.6. The Morgan fingerprint density at radius 1 is 1.05 bits per heavy atom. The molecule has 1 saturated heterocycles. The monoisotopic (exact) mass is 558 g/mol. The number of allylic oxidation sites excluding steroid dienone is 2. The van der Waals surface area contributed by atoms with Gasteiger partial charge in [-0.25, -0.2) is 0 Å². The largest absolute Gasteiger partial charge is 0.493 e. The van der Waals surface area contributed by atoms with Crippen molar-refractivity contribution in [1.82, 2.24) is 20.9 Å². The molecule has 41 heavy (non-hydrogen) atoms. The third-order valence-corrected chi connectivity index (χ3v) is 7.99.